The van der Waals surface area contributed by atoms with E-state index < -0.39 is 0 Å². The van der Waals surface area contributed by atoms with E-state index in [4.69, 9.17) is 0 Å². The van der Waals surface area contributed by atoms with Gasteiger partial charge in [-0.3, -0.25) is 14.6 Å². The molecule has 148 valence electrons. The highest BCUT2D eigenvalue weighted by Crippen LogP contribution is 2.46. The highest BCUT2D eigenvalue weighted by atomic mass is 16.2. The number of amides is 2. The minimum Gasteiger partial charge on any atom is -0.340 e. The smallest absolute Gasteiger partial charge is 0.277 e. The van der Waals surface area contributed by atoms with Gasteiger partial charge in [0.25, 0.3) is 11.8 Å². The van der Waals surface area contributed by atoms with E-state index in [1.165, 1.54) is 0 Å². The topological polar surface area (TPSA) is 96.3 Å². The molecule has 0 atom stereocenters. The fourth-order valence-electron chi connectivity index (χ4n) is 3.42. The van der Waals surface area contributed by atoms with Crippen molar-refractivity contribution in [3.63, 3.8) is 0 Å². The summed E-state index contributed by atoms with van der Waals surface area (Å²) in [7, 11) is 0. The summed E-state index contributed by atoms with van der Waals surface area (Å²) < 4.78 is 0. The lowest BCUT2D eigenvalue weighted by molar-refractivity contribution is 0.100. The summed E-state index contributed by atoms with van der Waals surface area (Å²) in [4.78, 5) is 37.3. The molecule has 30 heavy (non-hydrogen) atoms. The van der Waals surface area contributed by atoms with E-state index >= 15 is 0 Å². The van der Waals surface area contributed by atoms with Crippen LogP contribution in [0.1, 0.15) is 51.7 Å². The molecule has 5 rings (SSSR count). The molecule has 0 saturated heterocycles. The third-order valence-electron chi connectivity index (χ3n) is 5.56. The van der Waals surface area contributed by atoms with Crippen molar-refractivity contribution in [1.82, 2.24) is 9.97 Å². The minimum absolute atomic E-state index is 0.186. The standard InChI is InChI=1S/C23H19N5O2/c1-23(8-9-23)19-7-6-16(13-25-19)28-22(30)17-3-2-10-24-20(17)27-15-5-4-14-12-26-21(29)18(14)11-15/h2-7,10-13H,8-9H2,1H3,(H,24,27)(H,28,30). The Balaban J connectivity index is 1.35. The third kappa shape index (κ3) is 3.34. The van der Waals surface area contributed by atoms with Gasteiger partial charge in [-0.1, -0.05) is 13.0 Å². The molecule has 1 aliphatic heterocycles. The number of hydrogen-bond acceptors (Lipinski definition) is 5. The van der Waals surface area contributed by atoms with Gasteiger partial charge in [-0.25, -0.2) is 9.98 Å². The maximum atomic E-state index is 12.9. The van der Waals surface area contributed by atoms with Crippen LogP contribution in [0.2, 0.25) is 0 Å². The van der Waals surface area contributed by atoms with Crippen LogP contribution < -0.4 is 10.6 Å². The Hall–Kier alpha value is -3.87. The summed E-state index contributed by atoms with van der Waals surface area (Å²) in [6.07, 6.45) is 7.14. The summed E-state index contributed by atoms with van der Waals surface area (Å²) in [6.45, 7) is 2.19. The SMILES string of the molecule is CC1(c2ccc(NC(=O)c3cccnc3Nc3ccc4c(c3)C(=O)N=C4)cn2)CC1. The number of hydrogen-bond donors (Lipinski definition) is 2. The number of carbonyl (C=O) groups excluding carboxylic acids is 2. The normalized spacial score (nSPS) is 15.6. The van der Waals surface area contributed by atoms with Crippen molar-refractivity contribution in [1.29, 1.82) is 0 Å². The Kier molecular flexibility index (Phi) is 4.17. The lowest BCUT2D eigenvalue weighted by atomic mass is 10.1. The number of fused-ring (bicyclic) bond motifs is 1. The molecule has 7 heteroatoms. The van der Waals surface area contributed by atoms with Crippen molar-refractivity contribution in [2.45, 2.75) is 25.2 Å². The molecular formula is C23H19N5O2. The molecule has 1 aromatic carbocycles. The quantitative estimate of drug-likeness (QED) is 0.676. The Morgan fingerprint density at radius 3 is 2.67 bits per heavy atom. The van der Waals surface area contributed by atoms with Gasteiger partial charge in [0.05, 0.1) is 23.0 Å². The highest BCUT2D eigenvalue weighted by Gasteiger charge is 2.40. The summed E-state index contributed by atoms with van der Waals surface area (Å²) in [5.41, 5.74) is 4.22. The van der Waals surface area contributed by atoms with Crippen LogP contribution in [0.4, 0.5) is 17.2 Å². The van der Waals surface area contributed by atoms with Gasteiger partial charge in [-0.15, -0.1) is 0 Å². The molecule has 0 bridgehead atoms. The van der Waals surface area contributed by atoms with Crippen molar-refractivity contribution in [2.75, 3.05) is 10.6 Å². The molecule has 1 saturated carbocycles. The van der Waals surface area contributed by atoms with Crippen LogP contribution in [-0.2, 0) is 5.41 Å². The van der Waals surface area contributed by atoms with Crippen molar-refractivity contribution < 1.29 is 9.59 Å². The summed E-state index contributed by atoms with van der Waals surface area (Å²) in [6, 6.07) is 12.6. The fraction of sp³-hybridized carbons (Fsp3) is 0.174. The van der Waals surface area contributed by atoms with E-state index in [0.29, 0.717) is 28.3 Å². The van der Waals surface area contributed by atoms with Gasteiger partial charge < -0.3 is 10.6 Å². The van der Waals surface area contributed by atoms with Crippen molar-refractivity contribution >= 4 is 35.2 Å². The summed E-state index contributed by atoms with van der Waals surface area (Å²) >= 11 is 0. The highest BCUT2D eigenvalue weighted by molar-refractivity contribution is 6.13. The van der Waals surface area contributed by atoms with E-state index in [0.717, 1.165) is 24.1 Å². The Morgan fingerprint density at radius 2 is 1.90 bits per heavy atom. The summed E-state index contributed by atoms with van der Waals surface area (Å²) in [5.74, 6) is -0.168. The molecule has 2 amide bonds. The molecule has 1 aliphatic carbocycles. The average Bonchev–Trinajstić information content (AvgIpc) is 3.41. The van der Waals surface area contributed by atoms with Gasteiger partial charge in [0, 0.05) is 34.8 Å². The zero-order valence-electron chi connectivity index (χ0n) is 16.3. The Labute approximate surface area is 173 Å². The molecule has 2 aliphatic rings. The molecule has 3 aromatic rings. The molecule has 2 aromatic heterocycles. The van der Waals surface area contributed by atoms with E-state index in [-0.39, 0.29) is 17.2 Å². The first-order valence-electron chi connectivity index (χ1n) is 9.74. The van der Waals surface area contributed by atoms with E-state index in [1.807, 2.05) is 24.3 Å². The van der Waals surface area contributed by atoms with Crippen LogP contribution in [0.3, 0.4) is 0 Å². The van der Waals surface area contributed by atoms with Gasteiger partial charge in [0.15, 0.2) is 0 Å². The first-order valence-corrected chi connectivity index (χ1v) is 9.74. The van der Waals surface area contributed by atoms with Gasteiger partial charge >= 0.3 is 0 Å². The number of pyridine rings is 2. The number of anilines is 3. The van der Waals surface area contributed by atoms with Gasteiger partial charge in [-0.05, 0) is 49.2 Å². The first kappa shape index (κ1) is 18.2. The third-order valence-corrected chi connectivity index (χ3v) is 5.56. The zero-order valence-corrected chi connectivity index (χ0v) is 16.3. The number of rotatable bonds is 5. The number of aromatic nitrogens is 2. The number of nitrogens with one attached hydrogen (secondary N) is 2. The number of nitrogens with zero attached hydrogens (tertiary/aromatic N) is 3. The lowest BCUT2D eigenvalue weighted by Crippen LogP contribution is -2.15. The molecule has 2 N–H and O–H groups in total. The molecule has 3 heterocycles. The second kappa shape index (κ2) is 6.88. The number of benzene rings is 1. The van der Waals surface area contributed by atoms with Crippen LogP contribution >= 0.6 is 0 Å². The Bertz CT molecular complexity index is 1200. The second-order valence-electron chi connectivity index (χ2n) is 7.84. The number of carbonyl (C=O) groups is 2. The van der Waals surface area contributed by atoms with Gasteiger partial charge in [-0.2, -0.15) is 0 Å². The van der Waals surface area contributed by atoms with E-state index in [2.05, 4.69) is 32.5 Å². The van der Waals surface area contributed by atoms with E-state index in [9.17, 15) is 9.59 Å². The summed E-state index contributed by atoms with van der Waals surface area (Å²) in [5, 5.41) is 6.01. The zero-order chi connectivity index (χ0) is 20.7. The maximum absolute atomic E-state index is 12.9. The predicted octanol–water partition coefficient (Wildman–Crippen LogP) is 4.10. The van der Waals surface area contributed by atoms with Gasteiger partial charge in [0.1, 0.15) is 5.82 Å². The largest absolute Gasteiger partial charge is 0.340 e. The lowest BCUT2D eigenvalue weighted by Gasteiger charge is -2.12. The van der Waals surface area contributed by atoms with Crippen LogP contribution in [-0.4, -0.2) is 28.0 Å². The average molecular weight is 397 g/mol. The van der Waals surface area contributed by atoms with Crippen LogP contribution in [0, 0.1) is 0 Å². The molecular weight excluding hydrogens is 378 g/mol. The van der Waals surface area contributed by atoms with Crippen LogP contribution in [0.15, 0.2) is 59.9 Å². The maximum Gasteiger partial charge on any atom is 0.277 e. The molecule has 1 fully saturated rings. The van der Waals surface area contributed by atoms with Crippen molar-refractivity contribution in [3.05, 3.63) is 77.2 Å². The molecule has 0 spiro atoms. The van der Waals surface area contributed by atoms with Crippen LogP contribution in [0.5, 0.6) is 0 Å². The molecule has 0 radical (unpaired) electrons. The monoisotopic (exact) mass is 397 g/mol. The molecule has 7 nitrogen and oxygen atoms in total. The van der Waals surface area contributed by atoms with Crippen molar-refractivity contribution in [3.8, 4) is 0 Å². The van der Waals surface area contributed by atoms with Crippen LogP contribution in [0.25, 0.3) is 0 Å². The van der Waals surface area contributed by atoms with Crippen molar-refractivity contribution in [2.24, 2.45) is 4.99 Å². The van der Waals surface area contributed by atoms with E-state index in [1.54, 1.807) is 36.8 Å². The first-order chi connectivity index (χ1) is 14.5. The Morgan fingerprint density at radius 1 is 1.07 bits per heavy atom. The predicted molar refractivity (Wildman–Crippen MR) is 115 cm³/mol. The minimum atomic E-state index is -0.293. The fourth-order valence-corrected chi connectivity index (χ4v) is 3.42. The number of aliphatic imine (C=N–C) groups is 1. The molecule has 0 unspecified atom stereocenters. The second-order valence-corrected chi connectivity index (χ2v) is 7.84. The van der Waals surface area contributed by atoms with Gasteiger partial charge in [0.2, 0.25) is 0 Å².